The number of aliphatic imine (C=N–C) groups is 1. The first-order valence-corrected chi connectivity index (χ1v) is 10.3. The van der Waals surface area contributed by atoms with Crippen molar-refractivity contribution < 1.29 is 17.9 Å². The summed E-state index contributed by atoms with van der Waals surface area (Å²) in [6.45, 7) is 0. The lowest BCUT2D eigenvalue weighted by Gasteiger charge is -2.13. The van der Waals surface area contributed by atoms with Gasteiger partial charge in [0.15, 0.2) is 11.4 Å². The van der Waals surface area contributed by atoms with E-state index in [1.807, 2.05) is 0 Å². The molecule has 0 aliphatic heterocycles. The molecule has 0 bridgehead atoms. The summed E-state index contributed by atoms with van der Waals surface area (Å²) in [5.41, 5.74) is 0.811. The molecule has 2 aromatic carbocycles. The lowest BCUT2D eigenvalue weighted by Crippen LogP contribution is -2.14. The van der Waals surface area contributed by atoms with E-state index in [-0.39, 0.29) is 4.90 Å². The molecule has 0 heterocycles. The molecule has 0 aromatic heterocycles. The van der Waals surface area contributed by atoms with Crippen LogP contribution in [0.4, 0.5) is 11.4 Å². The molecule has 0 amide bonds. The zero-order valence-electron chi connectivity index (χ0n) is 14.9. The molecule has 0 aliphatic carbocycles. The zero-order valence-corrected chi connectivity index (χ0v) is 16.5. The van der Waals surface area contributed by atoms with Crippen LogP contribution in [0.5, 0.6) is 11.5 Å². The van der Waals surface area contributed by atoms with Gasteiger partial charge in [-0.25, -0.2) is 13.4 Å². The fourth-order valence-corrected chi connectivity index (χ4v) is 3.49. The molecule has 10 heteroatoms. The second-order valence-electron chi connectivity index (χ2n) is 5.02. The van der Waals surface area contributed by atoms with Gasteiger partial charge in [-0.1, -0.05) is 11.8 Å². The molecule has 0 saturated heterocycles. The molecular formula is C17H18N4O4S2. The first-order chi connectivity index (χ1) is 12.9. The molecular weight excluding hydrogens is 388 g/mol. The number of nitrogens with zero attached hydrogens (tertiary/aromatic N) is 2. The topological polar surface area (TPSA) is 113 Å². The Morgan fingerprint density at radius 1 is 1.15 bits per heavy atom. The van der Waals surface area contributed by atoms with E-state index in [2.05, 4.69) is 15.0 Å². The van der Waals surface area contributed by atoms with Gasteiger partial charge in [-0.2, -0.15) is 5.26 Å². The third kappa shape index (κ3) is 5.29. The third-order valence-electron chi connectivity index (χ3n) is 3.39. The van der Waals surface area contributed by atoms with Crippen molar-refractivity contribution in [1.29, 1.82) is 5.26 Å². The monoisotopic (exact) mass is 406 g/mol. The number of sulfonamides is 1. The summed E-state index contributed by atoms with van der Waals surface area (Å²) in [7, 11) is -0.865. The van der Waals surface area contributed by atoms with Gasteiger partial charge in [0.05, 0.1) is 30.5 Å². The van der Waals surface area contributed by atoms with Gasteiger partial charge in [-0.05, 0) is 42.7 Å². The van der Waals surface area contributed by atoms with Crippen LogP contribution in [-0.2, 0) is 10.0 Å². The molecule has 0 radical (unpaired) electrons. The van der Waals surface area contributed by atoms with E-state index >= 15 is 0 Å². The van der Waals surface area contributed by atoms with Crippen molar-refractivity contribution in [1.82, 2.24) is 5.32 Å². The number of amidine groups is 1. The van der Waals surface area contributed by atoms with Crippen molar-refractivity contribution in [3.05, 3.63) is 42.5 Å². The minimum Gasteiger partial charge on any atom is -0.497 e. The standard InChI is InChI=1S/C17H18N4O4S2/c1-24-13-6-9-15(16(10-13)25-2)21-27(22,23)14-7-4-12(5-8-14)20-17(26-3)19-11-18/h4-10,21H,1-3H3,(H,19,20). The van der Waals surface area contributed by atoms with Gasteiger partial charge in [0.2, 0.25) is 0 Å². The van der Waals surface area contributed by atoms with Crippen LogP contribution < -0.4 is 19.5 Å². The van der Waals surface area contributed by atoms with E-state index in [9.17, 15) is 8.42 Å². The van der Waals surface area contributed by atoms with Crippen molar-refractivity contribution >= 4 is 38.3 Å². The number of nitriles is 1. The largest absolute Gasteiger partial charge is 0.497 e. The van der Waals surface area contributed by atoms with Crippen molar-refractivity contribution in [3.63, 3.8) is 0 Å². The number of thioether (sulfide) groups is 1. The van der Waals surface area contributed by atoms with Crippen molar-refractivity contribution in [3.8, 4) is 17.7 Å². The quantitative estimate of drug-likeness (QED) is 0.328. The number of methoxy groups -OCH3 is 2. The van der Waals surface area contributed by atoms with E-state index in [1.54, 1.807) is 42.8 Å². The summed E-state index contributed by atoms with van der Waals surface area (Å²) in [6, 6.07) is 10.7. The summed E-state index contributed by atoms with van der Waals surface area (Å²) in [5.74, 6) is 0.888. The number of ether oxygens (including phenoxy) is 2. The van der Waals surface area contributed by atoms with Crippen molar-refractivity contribution in [2.24, 2.45) is 4.99 Å². The number of hydrogen-bond acceptors (Lipinski definition) is 7. The second kappa shape index (κ2) is 9.16. The normalized spacial score (nSPS) is 11.4. The van der Waals surface area contributed by atoms with Crippen LogP contribution in [-0.4, -0.2) is 34.1 Å². The van der Waals surface area contributed by atoms with E-state index in [0.717, 1.165) is 0 Å². The summed E-state index contributed by atoms with van der Waals surface area (Å²) >= 11 is 1.27. The maximum absolute atomic E-state index is 12.6. The average Bonchev–Trinajstić information content (AvgIpc) is 2.68. The smallest absolute Gasteiger partial charge is 0.262 e. The van der Waals surface area contributed by atoms with Crippen LogP contribution in [0.3, 0.4) is 0 Å². The van der Waals surface area contributed by atoms with E-state index in [0.29, 0.717) is 28.0 Å². The molecule has 0 aliphatic rings. The van der Waals surface area contributed by atoms with Crippen LogP contribution >= 0.6 is 11.8 Å². The Morgan fingerprint density at radius 2 is 1.85 bits per heavy atom. The van der Waals surface area contributed by atoms with Gasteiger partial charge in [0.25, 0.3) is 10.0 Å². The summed E-state index contributed by atoms with van der Waals surface area (Å²) in [6.07, 6.45) is 3.56. The van der Waals surface area contributed by atoms with Crippen LogP contribution in [0.1, 0.15) is 0 Å². The van der Waals surface area contributed by atoms with E-state index in [4.69, 9.17) is 14.7 Å². The van der Waals surface area contributed by atoms with Crippen LogP contribution in [0.15, 0.2) is 52.4 Å². The number of hydrogen-bond donors (Lipinski definition) is 2. The zero-order chi connectivity index (χ0) is 19.9. The highest BCUT2D eigenvalue weighted by Crippen LogP contribution is 2.31. The Bertz CT molecular complexity index is 967. The minimum atomic E-state index is -3.82. The van der Waals surface area contributed by atoms with E-state index < -0.39 is 10.0 Å². The molecule has 0 spiro atoms. The van der Waals surface area contributed by atoms with Crippen molar-refractivity contribution in [2.45, 2.75) is 4.90 Å². The Balaban J connectivity index is 2.26. The number of nitrogens with one attached hydrogen (secondary N) is 2. The Labute approximate surface area is 162 Å². The highest BCUT2D eigenvalue weighted by atomic mass is 32.2. The third-order valence-corrected chi connectivity index (χ3v) is 5.35. The number of benzene rings is 2. The van der Waals surface area contributed by atoms with E-state index in [1.165, 1.54) is 38.1 Å². The van der Waals surface area contributed by atoms with Gasteiger partial charge in [0, 0.05) is 6.07 Å². The first-order valence-electron chi connectivity index (χ1n) is 7.56. The highest BCUT2D eigenvalue weighted by molar-refractivity contribution is 8.13. The Hall–Kier alpha value is -2.90. The summed E-state index contributed by atoms with van der Waals surface area (Å²) < 4.78 is 38.0. The fourth-order valence-electron chi connectivity index (χ4n) is 2.08. The Morgan fingerprint density at radius 3 is 2.41 bits per heavy atom. The molecule has 27 heavy (non-hydrogen) atoms. The highest BCUT2D eigenvalue weighted by Gasteiger charge is 2.17. The van der Waals surface area contributed by atoms with Crippen LogP contribution in [0.25, 0.3) is 0 Å². The van der Waals surface area contributed by atoms with Crippen LogP contribution in [0.2, 0.25) is 0 Å². The SMILES string of the molecule is COc1ccc(NS(=O)(=O)c2ccc(N=C(NC#N)SC)cc2)c(OC)c1. The van der Waals surface area contributed by atoms with Crippen LogP contribution in [0, 0.1) is 11.5 Å². The van der Waals surface area contributed by atoms with Crippen molar-refractivity contribution in [2.75, 3.05) is 25.2 Å². The molecule has 2 aromatic rings. The molecule has 0 fully saturated rings. The Kier molecular flexibility index (Phi) is 6.92. The predicted molar refractivity (Wildman–Crippen MR) is 106 cm³/mol. The second-order valence-corrected chi connectivity index (χ2v) is 7.50. The summed E-state index contributed by atoms with van der Waals surface area (Å²) in [5, 5.41) is 11.5. The average molecular weight is 406 g/mol. The van der Waals surface area contributed by atoms with Gasteiger partial charge < -0.3 is 9.47 Å². The lowest BCUT2D eigenvalue weighted by atomic mass is 10.3. The van der Waals surface area contributed by atoms with Gasteiger partial charge in [0.1, 0.15) is 11.5 Å². The number of rotatable bonds is 6. The number of anilines is 1. The molecule has 142 valence electrons. The lowest BCUT2D eigenvalue weighted by molar-refractivity contribution is 0.395. The molecule has 0 atom stereocenters. The maximum Gasteiger partial charge on any atom is 0.262 e. The molecule has 8 nitrogen and oxygen atoms in total. The fraction of sp³-hybridized carbons (Fsp3) is 0.176. The maximum atomic E-state index is 12.6. The predicted octanol–water partition coefficient (Wildman–Crippen LogP) is 2.93. The van der Waals surface area contributed by atoms with Gasteiger partial charge in [-0.3, -0.25) is 10.0 Å². The minimum absolute atomic E-state index is 0.0678. The first kappa shape index (κ1) is 20.4. The van der Waals surface area contributed by atoms with Gasteiger partial charge >= 0.3 is 0 Å². The summed E-state index contributed by atoms with van der Waals surface area (Å²) in [4.78, 5) is 4.29. The molecule has 0 saturated carbocycles. The molecule has 2 rings (SSSR count). The molecule has 0 unspecified atom stereocenters. The van der Waals surface area contributed by atoms with Gasteiger partial charge in [-0.15, -0.1) is 0 Å². The molecule has 2 N–H and O–H groups in total.